The van der Waals surface area contributed by atoms with Gasteiger partial charge in [-0.15, -0.1) is 11.3 Å². The topological polar surface area (TPSA) is 71.5 Å². The molecule has 2 aromatic carbocycles. The first kappa shape index (κ1) is 27.9. The molecule has 1 spiro atoms. The minimum atomic E-state index is -2.54. The number of thiophene rings is 1. The molecule has 4 aromatic rings. The number of pyridine rings is 1. The first-order valence-electron chi connectivity index (χ1n) is 13.9. The summed E-state index contributed by atoms with van der Waals surface area (Å²) in [5.41, 5.74) is 2.28. The molecule has 2 aromatic heterocycles. The summed E-state index contributed by atoms with van der Waals surface area (Å²) in [6, 6.07) is 18.9. The summed E-state index contributed by atoms with van der Waals surface area (Å²) < 4.78 is 35.9. The fraction of sp³-hybridized carbons (Fsp3) is 0.375. The fourth-order valence-electron chi connectivity index (χ4n) is 6.98. The van der Waals surface area contributed by atoms with Gasteiger partial charge in [0.1, 0.15) is 11.3 Å². The molecule has 0 radical (unpaired) electrons. The highest BCUT2D eigenvalue weighted by Gasteiger charge is 2.54. The summed E-state index contributed by atoms with van der Waals surface area (Å²) >= 11 is 7.64. The number of ether oxygens (including phenoxy) is 1. The number of nitrogens with one attached hydrogen (secondary N) is 1. The lowest BCUT2D eigenvalue weighted by Crippen LogP contribution is -2.53. The zero-order valence-electron chi connectivity index (χ0n) is 22.4. The van der Waals surface area contributed by atoms with E-state index in [2.05, 4.69) is 22.4 Å². The third-order valence-corrected chi connectivity index (χ3v) is 10.3. The van der Waals surface area contributed by atoms with Crippen LogP contribution in [0.4, 0.5) is 14.5 Å². The molecule has 0 saturated heterocycles. The van der Waals surface area contributed by atoms with Crippen molar-refractivity contribution in [1.29, 1.82) is 0 Å². The van der Waals surface area contributed by atoms with Gasteiger partial charge in [0.2, 0.25) is 6.43 Å². The van der Waals surface area contributed by atoms with Gasteiger partial charge >= 0.3 is 5.97 Å². The second kappa shape index (κ2) is 11.2. The quantitative estimate of drug-likeness (QED) is 0.204. The van der Waals surface area contributed by atoms with Gasteiger partial charge in [-0.2, -0.15) is 0 Å². The largest absolute Gasteiger partial charge is 0.491 e. The Bertz CT molecular complexity index is 1550. The van der Waals surface area contributed by atoms with Gasteiger partial charge in [-0.05, 0) is 96.7 Å². The average molecular weight is 597 g/mol. The Hall–Kier alpha value is -3.23. The predicted octanol–water partition coefficient (Wildman–Crippen LogP) is 8.22. The molecule has 2 aliphatic carbocycles. The zero-order chi connectivity index (χ0) is 28.6. The fourth-order valence-corrected chi connectivity index (χ4v) is 7.99. The van der Waals surface area contributed by atoms with Gasteiger partial charge in [0.05, 0.1) is 22.7 Å². The standard InChI is InChI=1S/C32H31ClF2N2O3S/c33-23-5-3-6-24(18-23)37-32(30(38)39)12-10-31(11-13-32)22(16-20-4-1-2-7-25(20)31)17-21(29(34)35)19-40-27-8-14-36-26-9-15-41-28(26)27/h1-9,14-15,18,21-22,29,37H,10-13,16-17,19H2,(H,38,39)/t21-,22-,31?,32?/m0/s1. The molecule has 2 atom stereocenters. The molecule has 1 saturated carbocycles. The minimum Gasteiger partial charge on any atom is -0.491 e. The van der Waals surface area contributed by atoms with E-state index in [0.29, 0.717) is 55.0 Å². The number of hydrogen-bond donors (Lipinski definition) is 2. The van der Waals surface area contributed by atoms with Gasteiger partial charge in [0.25, 0.3) is 0 Å². The van der Waals surface area contributed by atoms with Crippen LogP contribution in [0.3, 0.4) is 0 Å². The number of aliphatic carboxylic acids is 1. The smallest absolute Gasteiger partial charge is 0.329 e. The monoisotopic (exact) mass is 596 g/mol. The molecule has 0 unspecified atom stereocenters. The van der Waals surface area contributed by atoms with Crippen molar-refractivity contribution in [2.75, 3.05) is 11.9 Å². The Balaban J connectivity index is 1.24. The second-order valence-corrected chi connectivity index (χ2v) is 12.7. The molecule has 0 amide bonds. The number of nitrogens with zero attached hydrogens (tertiary/aromatic N) is 1. The minimum absolute atomic E-state index is 0.0420. The van der Waals surface area contributed by atoms with Gasteiger partial charge in [0.15, 0.2) is 0 Å². The van der Waals surface area contributed by atoms with E-state index in [0.717, 1.165) is 10.2 Å². The first-order chi connectivity index (χ1) is 19.8. The lowest BCUT2D eigenvalue weighted by molar-refractivity contribution is -0.144. The number of carboxylic acid groups (broad SMARTS) is 1. The van der Waals surface area contributed by atoms with Crippen LogP contribution in [0.2, 0.25) is 5.02 Å². The normalized spacial score (nSPS) is 24.4. The number of benzene rings is 2. The maximum absolute atomic E-state index is 14.5. The van der Waals surface area contributed by atoms with Gasteiger partial charge in [0, 0.05) is 16.9 Å². The van der Waals surface area contributed by atoms with Crippen LogP contribution in [0.1, 0.15) is 43.2 Å². The van der Waals surface area contributed by atoms with Crippen LogP contribution in [0, 0.1) is 11.8 Å². The molecular formula is C32H31ClF2N2O3S. The molecule has 2 aliphatic rings. The molecule has 2 N–H and O–H groups in total. The van der Waals surface area contributed by atoms with Crippen molar-refractivity contribution in [1.82, 2.24) is 4.98 Å². The van der Waals surface area contributed by atoms with E-state index in [4.69, 9.17) is 16.3 Å². The van der Waals surface area contributed by atoms with Crippen molar-refractivity contribution in [3.8, 4) is 5.75 Å². The molecule has 1 fully saturated rings. The van der Waals surface area contributed by atoms with Crippen LogP contribution in [0.25, 0.3) is 10.2 Å². The van der Waals surface area contributed by atoms with Gasteiger partial charge in [-0.1, -0.05) is 41.9 Å². The van der Waals surface area contributed by atoms with E-state index in [1.54, 1.807) is 30.5 Å². The lowest BCUT2D eigenvalue weighted by Gasteiger charge is -2.47. The number of aromatic nitrogens is 1. The lowest BCUT2D eigenvalue weighted by atomic mass is 9.59. The Morgan fingerprint density at radius 2 is 1.93 bits per heavy atom. The molecule has 0 aliphatic heterocycles. The molecule has 41 heavy (non-hydrogen) atoms. The average Bonchev–Trinajstić information content (AvgIpc) is 3.56. The van der Waals surface area contributed by atoms with E-state index in [1.165, 1.54) is 22.5 Å². The number of fused-ring (bicyclic) bond motifs is 3. The van der Waals surface area contributed by atoms with Crippen molar-refractivity contribution in [3.63, 3.8) is 0 Å². The van der Waals surface area contributed by atoms with Crippen LogP contribution < -0.4 is 10.1 Å². The number of hydrogen-bond acceptors (Lipinski definition) is 5. The SMILES string of the molecule is O=C(O)C1(Nc2cccc(Cl)c2)CCC2(CC1)c1ccccc1C[C@H]2C[C@@H](COc1ccnc2ccsc12)C(F)F. The predicted molar refractivity (Wildman–Crippen MR) is 158 cm³/mol. The molecular weight excluding hydrogens is 566 g/mol. The Labute approximate surface area is 246 Å². The zero-order valence-corrected chi connectivity index (χ0v) is 23.9. The molecule has 0 bridgehead atoms. The van der Waals surface area contributed by atoms with E-state index < -0.39 is 23.9 Å². The third kappa shape index (κ3) is 5.28. The third-order valence-electron chi connectivity index (χ3n) is 9.12. The Morgan fingerprint density at radius 3 is 2.68 bits per heavy atom. The highest BCUT2D eigenvalue weighted by Crippen LogP contribution is 2.56. The van der Waals surface area contributed by atoms with Crippen molar-refractivity contribution in [2.24, 2.45) is 11.8 Å². The number of rotatable bonds is 9. The summed E-state index contributed by atoms with van der Waals surface area (Å²) in [5.74, 6) is -1.33. The van der Waals surface area contributed by atoms with E-state index in [-0.39, 0.29) is 17.9 Å². The molecule has 5 nitrogen and oxygen atoms in total. The maximum atomic E-state index is 14.5. The van der Waals surface area contributed by atoms with Crippen LogP contribution in [-0.2, 0) is 16.6 Å². The molecule has 9 heteroatoms. The number of carboxylic acids is 1. The molecule has 2 heterocycles. The van der Waals surface area contributed by atoms with Crippen molar-refractivity contribution < 1.29 is 23.4 Å². The molecule has 6 rings (SSSR count). The van der Waals surface area contributed by atoms with Crippen LogP contribution in [0.15, 0.2) is 72.2 Å². The van der Waals surface area contributed by atoms with Gasteiger partial charge in [-0.25, -0.2) is 13.6 Å². The summed E-state index contributed by atoms with van der Waals surface area (Å²) in [6.07, 6.45) is 2.03. The summed E-state index contributed by atoms with van der Waals surface area (Å²) in [6.45, 7) is -0.0903. The summed E-state index contributed by atoms with van der Waals surface area (Å²) in [7, 11) is 0. The Kier molecular flexibility index (Phi) is 7.64. The van der Waals surface area contributed by atoms with Crippen LogP contribution in [0.5, 0.6) is 5.75 Å². The summed E-state index contributed by atoms with van der Waals surface area (Å²) in [5, 5.41) is 16.1. The van der Waals surface area contributed by atoms with E-state index >= 15 is 0 Å². The number of alkyl halides is 2. The number of anilines is 1. The summed E-state index contributed by atoms with van der Waals surface area (Å²) in [4.78, 5) is 17.0. The highest BCUT2D eigenvalue weighted by atomic mass is 35.5. The van der Waals surface area contributed by atoms with Crippen LogP contribution in [-0.4, -0.2) is 34.6 Å². The van der Waals surface area contributed by atoms with Crippen molar-refractivity contribution in [2.45, 2.75) is 55.9 Å². The van der Waals surface area contributed by atoms with E-state index in [9.17, 15) is 18.7 Å². The van der Waals surface area contributed by atoms with Gasteiger partial charge in [-0.3, -0.25) is 4.98 Å². The number of carbonyl (C=O) groups is 1. The Morgan fingerprint density at radius 1 is 1.12 bits per heavy atom. The number of halogens is 3. The molecule has 214 valence electrons. The second-order valence-electron chi connectivity index (χ2n) is 11.3. The van der Waals surface area contributed by atoms with Crippen molar-refractivity contribution >= 4 is 44.8 Å². The van der Waals surface area contributed by atoms with Crippen LogP contribution >= 0.6 is 22.9 Å². The highest BCUT2D eigenvalue weighted by molar-refractivity contribution is 7.17. The van der Waals surface area contributed by atoms with Crippen molar-refractivity contribution in [3.05, 3.63) is 88.4 Å². The van der Waals surface area contributed by atoms with E-state index in [1.807, 2.05) is 29.6 Å². The first-order valence-corrected chi connectivity index (χ1v) is 15.1. The maximum Gasteiger partial charge on any atom is 0.329 e. The van der Waals surface area contributed by atoms with Gasteiger partial charge < -0.3 is 15.2 Å².